The highest BCUT2D eigenvalue weighted by Crippen LogP contribution is 2.18. The zero-order chi connectivity index (χ0) is 21.9. The lowest BCUT2D eigenvalue weighted by atomic mass is 10.2. The summed E-state index contributed by atoms with van der Waals surface area (Å²) < 4.78 is 11.2. The second-order valence-electron chi connectivity index (χ2n) is 7.43. The maximum atomic E-state index is 9.95. The third-order valence-electron chi connectivity index (χ3n) is 4.44. The Balaban J connectivity index is 2.21. The Kier molecular flexibility index (Phi) is 15.3. The Labute approximate surface area is 183 Å². The predicted octanol–water partition coefficient (Wildman–Crippen LogP) is 5.11. The van der Waals surface area contributed by atoms with E-state index in [0.29, 0.717) is 24.3 Å². The molecule has 0 amide bonds. The van der Waals surface area contributed by atoms with Crippen LogP contribution in [-0.4, -0.2) is 35.6 Å². The molecule has 0 aliphatic rings. The van der Waals surface area contributed by atoms with Crippen LogP contribution in [0.15, 0.2) is 24.3 Å². The van der Waals surface area contributed by atoms with E-state index in [1.807, 2.05) is 0 Å². The molecule has 1 aromatic rings. The smallest absolute Gasteiger partial charge is 0.119 e. The van der Waals surface area contributed by atoms with Crippen LogP contribution in [-0.2, 0) is 0 Å². The summed E-state index contributed by atoms with van der Waals surface area (Å²) in [6, 6.07) is 7.16. The topological polar surface area (TPSA) is 58.9 Å². The van der Waals surface area contributed by atoms with Crippen molar-refractivity contribution in [1.29, 1.82) is 0 Å². The van der Waals surface area contributed by atoms with E-state index in [-0.39, 0.29) is 13.2 Å². The number of aliphatic hydroxyl groups is 2. The van der Waals surface area contributed by atoms with E-state index in [1.165, 1.54) is 25.7 Å². The van der Waals surface area contributed by atoms with E-state index in [0.717, 1.165) is 25.7 Å². The minimum atomic E-state index is -0.599. The average molecular weight is 415 g/mol. The summed E-state index contributed by atoms with van der Waals surface area (Å²) in [4.78, 5) is 0. The fourth-order valence-electron chi connectivity index (χ4n) is 2.62. The molecule has 0 saturated carbocycles. The molecule has 4 heteroatoms. The predicted molar refractivity (Wildman–Crippen MR) is 123 cm³/mol. The van der Waals surface area contributed by atoms with Gasteiger partial charge in [-0.2, -0.15) is 0 Å². The number of rotatable bonds is 14. The van der Waals surface area contributed by atoms with Crippen LogP contribution in [0.4, 0.5) is 0 Å². The third-order valence-corrected chi connectivity index (χ3v) is 4.44. The van der Waals surface area contributed by atoms with Gasteiger partial charge in [-0.1, -0.05) is 39.5 Å². The van der Waals surface area contributed by atoms with Crippen molar-refractivity contribution in [3.05, 3.63) is 24.3 Å². The molecule has 166 valence electrons. The molecule has 2 atom stereocenters. The van der Waals surface area contributed by atoms with Gasteiger partial charge < -0.3 is 19.7 Å². The van der Waals surface area contributed by atoms with E-state index in [9.17, 15) is 10.2 Å². The molecule has 1 aromatic carbocycles. The van der Waals surface area contributed by atoms with E-state index in [4.69, 9.17) is 9.47 Å². The molecule has 1 rings (SSSR count). The summed E-state index contributed by atoms with van der Waals surface area (Å²) in [5, 5.41) is 19.9. The van der Waals surface area contributed by atoms with Crippen LogP contribution in [0.25, 0.3) is 0 Å². The number of hydrogen-bond acceptors (Lipinski definition) is 4. The van der Waals surface area contributed by atoms with E-state index in [1.54, 1.807) is 24.3 Å². The lowest BCUT2D eigenvalue weighted by Crippen LogP contribution is -2.17. The van der Waals surface area contributed by atoms with Crippen molar-refractivity contribution in [3.63, 3.8) is 0 Å². The number of aliphatic hydroxyl groups excluding tert-OH is 2. The standard InChI is InChI=1S/C26H38O4/c1-3-5-7-9-11-13-15-23(27)21-29-25-17-19-26(20-18-25)30-22-24(28)16-14-12-10-8-6-4-2/h17-20,23-24,27-28H,3-10,15-16,21-22H2,1-2H3/t23-,24-/m0/s1. The summed E-state index contributed by atoms with van der Waals surface area (Å²) in [5.74, 6) is 13.5. The first-order valence-corrected chi connectivity index (χ1v) is 11.3. The number of benzene rings is 1. The highest BCUT2D eigenvalue weighted by molar-refractivity contribution is 5.31. The van der Waals surface area contributed by atoms with E-state index in [2.05, 4.69) is 37.5 Å². The van der Waals surface area contributed by atoms with Gasteiger partial charge in [0.15, 0.2) is 0 Å². The Morgan fingerprint density at radius 3 is 1.43 bits per heavy atom. The molecule has 0 aliphatic heterocycles. The van der Waals surface area contributed by atoms with Gasteiger partial charge in [0, 0.05) is 25.7 Å². The quantitative estimate of drug-likeness (QED) is 0.328. The van der Waals surface area contributed by atoms with Gasteiger partial charge in [0.05, 0.1) is 12.2 Å². The molecule has 4 nitrogen and oxygen atoms in total. The summed E-state index contributed by atoms with van der Waals surface area (Å²) in [6.45, 7) is 4.75. The molecule has 0 heterocycles. The highest BCUT2D eigenvalue weighted by Gasteiger charge is 2.05. The summed E-state index contributed by atoms with van der Waals surface area (Å²) >= 11 is 0. The van der Waals surface area contributed by atoms with Crippen molar-refractivity contribution >= 4 is 0 Å². The second-order valence-corrected chi connectivity index (χ2v) is 7.43. The zero-order valence-corrected chi connectivity index (χ0v) is 18.7. The molecule has 0 saturated heterocycles. The van der Waals surface area contributed by atoms with Crippen LogP contribution in [0, 0.1) is 23.7 Å². The van der Waals surface area contributed by atoms with Crippen LogP contribution in [0.3, 0.4) is 0 Å². The Bertz CT molecular complexity index is 601. The maximum Gasteiger partial charge on any atom is 0.119 e. The van der Waals surface area contributed by atoms with Crippen molar-refractivity contribution in [2.75, 3.05) is 13.2 Å². The van der Waals surface area contributed by atoms with Gasteiger partial charge in [0.25, 0.3) is 0 Å². The van der Waals surface area contributed by atoms with E-state index < -0.39 is 12.2 Å². The number of unbranched alkanes of at least 4 members (excludes halogenated alkanes) is 6. The summed E-state index contributed by atoms with van der Waals surface area (Å²) in [7, 11) is 0. The monoisotopic (exact) mass is 414 g/mol. The van der Waals surface area contributed by atoms with Crippen LogP contribution in [0.1, 0.15) is 78.1 Å². The van der Waals surface area contributed by atoms with Crippen molar-refractivity contribution < 1.29 is 19.7 Å². The van der Waals surface area contributed by atoms with Gasteiger partial charge >= 0.3 is 0 Å². The lowest BCUT2D eigenvalue weighted by Gasteiger charge is -2.12. The van der Waals surface area contributed by atoms with Crippen LogP contribution in [0.5, 0.6) is 11.5 Å². The normalized spacial score (nSPS) is 12.1. The fraction of sp³-hybridized carbons (Fsp3) is 0.615. The Hall–Kier alpha value is -2.14. The molecule has 0 spiro atoms. The van der Waals surface area contributed by atoms with Crippen LogP contribution >= 0.6 is 0 Å². The van der Waals surface area contributed by atoms with Crippen molar-refractivity contribution in [2.45, 2.75) is 90.3 Å². The third kappa shape index (κ3) is 13.9. The Morgan fingerprint density at radius 2 is 1.07 bits per heavy atom. The molecule has 0 aliphatic carbocycles. The van der Waals surface area contributed by atoms with Gasteiger partial charge in [-0.05, 0) is 37.1 Å². The molecule has 0 bridgehead atoms. The molecule has 0 aromatic heterocycles. The number of hydrogen-bond donors (Lipinski definition) is 2. The van der Waals surface area contributed by atoms with Crippen LogP contribution < -0.4 is 9.47 Å². The largest absolute Gasteiger partial charge is 0.491 e. The van der Waals surface area contributed by atoms with Crippen molar-refractivity contribution in [3.8, 4) is 35.2 Å². The first-order chi connectivity index (χ1) is 14.7. The van der Waals surface area contributed by atoms with Crippen LogP contribution in [0.2, 0.25) is 0 Å². The molecular weight excluding hydrogens is 376 g/mol. The minimum absolute atomic E-state index is 0.208. The van der Waals surface area contributed by atoms with Crippen molar-refractivity contribution in [2.24, 2.45) is 0 Å². The molecule has 2 N–H and O–H groups in total. The molecule has 30 heavy (non-hydrogen) atoms. The van der Waals surface area contributed by atoms with Gasteiger partial charge in [0.1, 0.15) is 24.7 Å². The maximum absolute atomic E-state index is 9.95. The second kappa shape index (κ2) is 17.7. The van der Waals surface area contributed by atoms with Crippen molar-refractivity contribution in [1.82, 2.24) is 0 Å². The first kappa shape index (κ1) is 25.9. The Morgan fingerprint density at radius 1 is 0.667 bits per heavy atom. The SMILES string of the molecule is CCCCCC#CC[C@H](O)COc1ccc(OC[C@@H](O)CC#CCCCCC)cc1. The van der Waals surface area contributed by atoms with Gasteiger partial charge in [0.2, 0.25) is 0 Å². The highest BCUT2D eigenvalue weighted by atomic mass is 16.5. The van der Waals surface area contributed by atoms with E-state index >= 15 is 0 Å². The zero-order valence-electron chi connectivity index (χ0n) is 18.7. The molecule has 0 radical (unpaired) electrons. The fourth-order valence-corrected chi connectivity index (χ4v) is 2.62. The minimum Gasteiger partial charge on any atom is -0.491 e. The van der Waals surface area contributed by atoms with Gasteiger partial charge in [-0.25, -0.2) is 0 Å². The summed E-state index contributed by atoms with van der Waals surface area (Å²) in [6.07, 6.45) is 8.45. The number of ether oxygens (including phenoxy) is 2. The summed E-state index contributed by atoms with van der Waals surface area (Å²) in [5.41, 5.74) is 0. The van der Waals surface area contributed by atoms with Gasteiger partial charge in [-0.15, -0.1) is 23.7 Å². The lowest BCUT2D eigenvalue weighted by molar-refractivity contribution is 0.109. The molecular formula is C26H38O4. The van der Waals surface area contributed by atoms with Gasteiger partial charge in [-0.3, -0.25) is 0 Å². The first-order valence-electron chi connectivity index (χ1n) is 11.3. The molecule has 0 fully saturated rings. The molecule has 0 unspecified atom stereocenters. The average Bonchev–Trinajstić information content (AvgIpc) is 2.76.